The molecule has 0 fully saturated rings. The van der Waals surface area contributed by atoms with E-state index in [4.69, 9.17) is 10.5 Å². The van der Waals surface area contributed by atoms with Crippen LogP contribution in [0, 0.1) is 0 Å². The summed E-state index contributed by atoms with van der Waals surface area (Å²) in [4.78, 5) is 7.44. The molecule has 0 radical (unpaired) electrons. The maximum Gasteiger partial charge on any atom is 0.416 e. The highest BCUT2D eigenvalue weighted by molar-refractivity contribution is 5.35. The number of nitrogen functional groups attached to an aromatic ring is 1. The molecule has 0 saturated carbocycles. The average Bonchev–Trinajstić information content (AvgIpc) is 2.28. The summed E-state index contributed by atoms with van der Waals surface area (Å²) in [5.41, 5.74) is 4.67. The largest absolute Gasteiger partial charge is 0.439 e. The van der Waals surface area contributed by atoms with Gasteiger partial charge in [0.05, 0.1) is 5.56 Å². The molecule has 0 amide bonds. The van der Waals surface area contributed by atoms with E-state index in [0.29, 0.717) is 0 Å². The predicted molar refractivity (Wildman–Crippen MR) is 58.0 cm³/mol. The van der Waals surface area contributed by atoms with E-state index in [0.717, 1.165) is 12.1 Å². The Balaban J connectivity index is 2.16. The molecule has 18 heavy (non-hydrogen) atoms. The van der Waals surface area contributed by atoms with Crippen molar-refractivity contribution in [2.24, 2.45) is 0 Å². The molecule has 94 valence electrons. The topological polar surface area (TPSA) is 61.0 Å². The fraction of sp³-hybridized carbons (Fsp3) is 0.0909. The van der Waals surface area contributed by atoms with E-state index in [1.54, 1.807) is 0 Å². The van der Waals surface area contributed by atoms with Gasteiger partial charge < -0.3 is 10.5 Å². The highest BCUT2D eigenvalue weighted by Crippen LogP contribution is 2.31. The Bertz CT molecular complexity index is 540. The Morgan fingerprint density at radius 3 is 2.28 bits per heavy atom. The predicted octanol–water partition coefficient (Wildman–Crippen LogP) is 2.87. The van der Waals surface area contributed by atoms with Crippen LogP contribution in [0.1, 0.15) is 5.56 Å². The number of anilines is 1. The van der Waals surface area contributed by atoms with Crippen molar-refractivity contribution in [2.75, 3.05) is 5.73 Å². The van der Waals surface area contributed by atoms with Crippen molar-refractivity contribution in [1.82, 2.24) is 9.97 Å². The SMILES string of the molecule is Nc1cc(Oc2ccc(C(F)(F)F)cc2)ncn1. The fourth-order valence-electron chi connectivity index (χ4n) is 1.24. The number of hydrogen-bond acceptors (Lipinski definition) is 4. The van der Waals surface area contributed by atoms with Gasteiger partial charge in [-0.3, -0.25) is 0 Å². The highest BCUT2D eigenvalue weighted by atomic mass is 19.4. The van der Waals surface area contributed by atoms with Crippen LogP contribution in [0.15, 0.2) is 36.7 Å². The van der Waals surface area contributed by atoms with Crippen LogP contribution in [-0.4, -0.2) is 9.97 Å². The zero-order valence-corrected chi connectivity index (χ0v) is 8.98. The van der Waals surface area contributed by atoms with Crippen molar-refractivity contribution in [1.29, 1.82) is 0 Å². The van der Waals surface area contributed by atoms with Crippen molar-refractivity contribution < 1.29 is 17.9 Å². The molecule has 7 heteroatoms. The van der Waals surface area contributed by atoms with Gasteiger partial charge in [-0.2, -0.15) is 13.2 Å². The molecule has 0 aliphatic carbocycles. The number of nitrogens with zero attached hydrogens (tertiary/aromatic N) is 2. The van der Waals surface area contributed by atoms with Crippen LogP contribution in [0.4, 0.5) is 19.0 Å². The lowest BCUT2D eigenvalue weighted by atomic mass is 10.2. The number of nitrogens with two attached hydrogens (primary N) is 1. The molecule has 1 aromatic carbocycles. The van der Waals surface area contributed by atoms with Crippen LogP contribution >= 0.6 is 0 Å². The molecule has 0 bridgehead atoms. The molecule has 0 aliphatic heterocycles. The maximum absolute atomic E-state index is 12.3. The number of alkyl halides is 3. The van der Waals surface area contributed by atoms with Gasteiger partial charge in [0.15, 0.2) is 0 Å². The van der Waals surface area contributed by atoms with E-state index in [1.165, 1.54) is 24.5 Å². The minimum Gasteiger partial charge on any atom is -0.439 e. The molecular formula is C11H8F3N3O. The van der Waals surface area contributed by atoms with Gasteiger partial charge in [0, 0.05) is 6.07 Å². The van der Waals surface area contributed by atoms with Crippen LogP contribution in [-0.2, 0) is 6.18 Å². The molecule has 0 atom stereocenters. The van der Waals surface area contributed by atoms with Gasteiger partial charge in [0.1, 0.15) is 17.9 Å². The van der Waals surface area contributed by atoms with Gasteiger partial charge in [0.2, 0.25) is 5.88 Å². The third kappa shape index (κ3) is 2.88. The lowest BCUT2D eigenvalue weighted by Gasteiger charge is -2.08. The summed E-state index contributed by atoms with van der Waals surface area (Å²) in [7, 11) is 0. The Labute approximate surface area is 100 Å². The second-order valence-corrected chi connectivity index (χ2v) is 3.41. The molecule has 0 aliphatic rings. The summed E-state index contributed by atoms with van der Waals surface area (Å²) < 4.78 is 42.2. The van der Waals surface area contributed by atoms with Gasteiger partial charge in [-0.15, -0.1) is 0 Å². The molecule has 1 aromatic heterocycles. The lowest BCUT2D eigenvalue weighted by Crippen LogP contribution is -2.04. The zero-order chi connectivity index (χ0) is 13.2. The third-order valence-corrected chi connectivity index (χ3v) is 2.07. The Hall–Kier alpha value is -2.31. The fourth-order valence-corrected chi connectivity index (χ4v) is 1.24. The van der Waals surface area contributed by atoms with Gasteiger partial charge in [0.25, 0.3) is 0 Å². The van der Waals surface area contributed by atoms with Crippen molar-refractivity contribution in [3.63, 3.8) is 0 Å². The Kier molecular flexibility index (Phi) is 3.05. The van der Waals surface area contributed by atoms with Crippen LogP contribution in [0.25, 0.3) is 0 Å². The molecule has 2 aromatic rings. The minimum absolute atomic E-state index is 0.169. The van der Waals surface area contributed by atoms with Gasteiger partial charge in [-0.25, -0.2) is 9.97 Å². The smallest absolute Gasteiger partial charge is 0.416 e. The van der Waals surface area contributed by atoms with E-state index in [1.807, 2.05) is 0 Å². The molecule has 2 rings (SSSR count). The lowest BCUT2D eigenvalue weighted by molar-refractivity contribution is -0.137. The summed E-state index contributed by atoms with van der Waals surface area (Å²) in [6.07, 6.45) is -3.16. The number of benzene rings is 1. The van der Waals surface area contributed by atoms with E-state index in [2.05, 4.69) is 9.97 Å². The number of halogens is 3. The van der Waals surface area contributed by atoms with E-state index < -0.39 is 11.7 Å². The van der Waals surface area contributed by atoms with Crippen LogP contribution < -0.4 is 10.5 Å². The highest BCUT2D eigenvalue weighted by Gasteiger charge is 2.30. The first-order valence-corrected chi connectivity index (χ1v) is 4.88. The Morgan fingerprint density at radius 2 is 1.72 bits per heavy atom. The van der Waals surface area contributed by atoms with Crippen LogP contribution in [0.5, 0.6) is 11.6 Å². The van der Waals surface area contributed by atoms with Crippen molar-refractivity contribution in [3.05, 3.63) is 42.2 Å². The summed E-state index contributed by atoms with van der Waals surface area (Å²) >= 11 is 0. The number of ether oxygens (including phenoxy) is 1. The summed E-state index contributed by atoms with van der Waals surface area (Å²) in [6, 6.07) is 5.65. The van der Waals surface area contributed by atoms with E-state index in [9.17, 15) is 13.2 Å². The molecule has 0 saturated heterocycles. The summed E-state index contributed by atoms with van der Waals surface area (Å²) in [5, 5.41) is 0. The first kappa shape index (κ1) is 12.2. The summed E-state index contributed by atoms with van der Waals surface area (Å²) in [5.74, 6) is 0.621. The number of hydrogen-bond donors (Lipinski definition) is 1. The zero-order valence-electron chi connectivity index (χ0n) is 8.98. The van der Waals surface area contributed by atoms with Gasteiger partial charge in [-0.1, -0.05) is 0 Å². The van der Waals surface area contributed by atoms with Crippen molar-refractivity contribution in [2.45, 2.75) is 6.18 Å². The van der Waals surface area contributed by atoms with E-state index in [-0.39, 0.29) is 17.4 Å². The molecule has 2 N–H and O–H groups in total. The third-order valence-electron chi connectivity index (χ3n) is 2.07. The van der Waals surface area contributed by atoms with Crippen LogP contribution in [0.3, 0.4) is 0 Å². The second kappa shape index (κ2) is 4.52. The van der Waals surface area contributed by atoms with Crippen molar-refractivity contribution >= 4 is 5.82 Å². The first-order chi connectivity index (χ1) is 8.45. The van der Waals surface area contributed by atoms with Crippen LogP contribution in [0.2, 0.25) is 0 Å². The maximum atomic E-state index is 12.3. The van der Waals surface area contributed by atoms with Gasteiger partial charge in [-0.05, 0) is 24.3 Å². The average molecular weight is 255 g/mol. The monoisotopic (exact) mass is 255 g/mol. The molecule has 1 heterocycles. The standard InChI is InChI=1S/C11H8F3N3O/c12-11(13,14)7-1-3-8(4-2-7)18-10-5-9(15)16-6-17-10/h1-6H,(H2,15,16,17). The number of rotatable bonds is 2. The minimum atomic E-state index is -4.36. The molecular weight excluding hydrogens is 247 g/mol. The van der Waals surface area contributed by atoms with Crippen molar-refractivity contribution in [3.8, 4) is 11.6 Å². The number of aromatic nitrogens is 2. The molecule has 0 spiro atoms. The van der Waals surface area contributed by atoms with E-state index >= 15 is 0 Å². The quantitative estimate of drug-likeness (QED) is 0.896. The first-order valence-electron chi connectivity index (χ1n) is 4.88. The Morgan fingerprint density at radius 1 is 1.06 bits per heavy atom. The second-order valence-electron chi connectivity index (χ2n) is 3.41. The van der Waals surface area contributed by atoms with Gasteiger partial charge >= 0.3 is 6.18 Å². The summed E-state index contributed by atoms with van der Waals surface area (Å²) in [6.45, 7) is 0. The normalized spacial score (nSPS) is 11.3. The molecule has 0 unspecified atom stereocenters. The molecule has 4 nitrogen and oxygen atoms in total.